The van der Waals surface area contributed by atoms with Crippen LogP contribution in [0.2, 0.25) is 0 Å². The monoisotopic (exact) mass is 504 g/mol. The van der Waals surface area contributed by atoms with Gasteiger partial charge >= 0.3 is 0 Å². The number of halogens is 1. The Labute approximate surface area is 182 Å². The SMILES string of the molecule is CN=C(NCC(=O)NC(C)(C)C)NCc1ccc(C(=O)NCC(N)=O)cc1.I. The predicted molar refractivity (Wildman–Crippen MR) is 119 cm³/mol. The number of primary amides is 1. The number of benzene rings is 1. The van der Waals surface area contributed by atoms with E-state index in [1.807, 2.05) is 20.8 Å². The maximum atomic E-state index is 11.8. The fourth-order valence-electron chi connectivity index (χ4n) is 2.08. The highest BCUT2D eigenvalue weighted by Gasteiger charge is 2.13. The van der Waals surface area contributed by atoms with Crippen molar-refractivity contribution >= 4 is 47.7 Å². The van der Waals surface area contributed by atoms with E-state index >= 15 is 0 Å². The number of carbonyl (C=O) groups excluding carboxylic acids is 3. The summed E-state index contributed by atoms with van der Waals surface area (Å²) in [6, 6.07) is 6.87. The third kappa shape index (κ3) is 10.7. The molecule has 0 fully saturated rings. The second-order valence-electron chi connectivity index (χ2n) is 6.92. The summed E-state index contributed by atoms with van der Waals surface area (Å²) in [7, 11) is 1.61. The Bertz CT molecular complexity index is 698. The van der Waals surface area contributed by atoms with E-state index in [9.17, 15) is 14.4 Å². The number of guanidine groups is 1. The molecule has 0 aromatic heterocycles. The number of carbonyl (C=O) groups is 3. The first-order valence-electron chi connectivity index (χ1n) is 8.51. The molecule has 3 amide bonds. The molecule has 156 valence electrons. The summed E-state index contributed by atoms with van der Waals surface area (Å²) in [5, 5.41) is 11.3. The molecule has 0 aliphatic rings. The van der Waals surface area contributed by atoms with Crippen LogP contribution in [0.15, 0.2) is 29.3 Å². The van der Waals surface area contributed by atoms with E-state index in [-0.39, 0.29) is 54.4 Å². The number of nitrogens with one attached hydrogen (secondary N) is 4. The minimum Gasteiger partial charge on any atom is -0.368 e. The Morgan fingerprint density at radius 3 is 2.11 bits per heavy atom. The van der Waals surface area contributed by atoms with Crippen LogP contribution < -0.4 is 27.0 Å². The quantitative estimate of drug-likeness (QED) is 0.204. The molecule has 9 nitrogen and oxygen atoms in total. The van der Waals surface area contributed by atoms with Crippen molar-refractivity contribution in [3.05, 3.63) is 35.4 Å². The summed E-state index contributed by atoms with van der Waals surface area (Å²) >= 11 is 0. The molecule has 0 unspecified atom stereocenters. The Hall–Kier alpha value is -2.37. The van der Waals surface area contributed by atoms with Crippen molar-refractivity contribution in [2.75, 3.05) is 20.1 Å². The van der Waals surface area contributed by atoms with Gasteiger partial charge in [0.1, 0.15) is 0 Å². The molecule has 6 N–H and O–H groups in total. The molecule has 0 radical (unpaired) electrons. The highest BCUT2D eigenvalue weighted by Crippen LogP contribution is 2.04. The highest BCUT2D eigenvalue weighted by atomic mass is 127. The van der Waals surface area contributed by atoms with Gasteiger partial charge in [-0.3, -0.25) is 19.4 Å². The van der Waals surface area contributed by atoms with Crippen molar-refractivity contribution in [3.63, 3.8) is 0 Å². The van der Waals surface area contributed by atoms with E-state index in [4.69, 9.17) is 5.73 Å². The zero-order valence-corrected chi connectivity index (χ0v) is 18.9. The van der Waals surface area contributed by atoms with Crippen molar-refractivity contribution in [2.24, 2.45) is 10.7 Å². The molecule has 0 saturated heterocycles. The van der Waals surface area contributed by atoms with Crippen LogP contribution in [-0.4, -0.2) is 49.4 Å². The number of nitrogens with two attached hydrogens (primary N) is 1. The number of rotatable bonds is 7. The number of amides is 3. The molecule has 1 aromatic carbocycles. The summed E-state index contributed by atoms with van der Waals surface area (Å²) < 4.78 is 0. The Kier molecular flexibility index (Phi) is 11.1. The van der Waals surface area contributed by atoms with Gasteiger partial charge in [0.15, 0.2) is 5.96 Å². The van der Waals surface area contributed by atoms with Gasteiger partial charge in [-0.2, -0.15) is 0 Å². The summed E-state index contributed by atoms with van der Waals surface area (Å²) in [6.07, 6.45) is 0. The Morgan fingerprint density at radius 2 is 1.61 bits per heavy atom. The van der Waals surface area contributed by atoms with E-state index in [0.717, 1.165) is 5.56 Å². The van der Waals surface area contributed by atoms with Crippen molar-refractivity contribution < 1.29 is 14.4 Å². The number of hydrogen-bond acceptors (Lipinski definition) is 4. The minimum atomic E-state index is -0.598. The fraction of sp³-hybridized carbons (Fsp3) is 0.444. The normalized spacial score (nSPS) is 11.1. The molecule has 0 saturated carbocycles. The van der Waals surface area contributed by atoms with E-state index in [0.29, 0.717) is 18.1 Å². The minimum absolute atomic E-state index is 0. The highest BCUT2D eigenvalue weighted by molar-refractivity contribution is 14.0. The predicted octanol–water partition coefficient (Wildman–Crippen LogP) is 0.0994. The first-order chi connectivity index (χ1) is 12.6. The van der Waals surface area contributed by atoms with Crippen LogP contribution >= 0.6 is 24.0 Å². The Balaban J connectivity index is 0.00000729. The summed E-state index contributed by atoms with van der Waals surface area (Å²) in [5.41, 5.74) is 6.05. The van der Waals surface area contributed by atoms with Crippen molar-refractivity contribution in [1.82, 2.24) is 21.3 Å². The lowest BCUT2D eigenvalue weighted by atomic mass is 10.1. The van der Waals surface area contributed by atoms with Gasteiger partial charge in [-0.1, -0.05) is 12.1 Å². The average molecular weight is 504 g/mol. The molecule has 28 heavy (non-hydrogen) atoms. The molecule has 0 heterocycles. The van der Waals surface area contributed by atoms with Crippen molar-refractivity contribution in [3.8, 4) is 0 Å². The van der Waals surface area contributed by atoms with Gasteiger partial charge in [-0.25, -0.2) is 0 Å². The molecule has 10 heteroatoms. The molecule has 0 aliphatic heterocycles. The topological polar surface area (TPSA) is 138 Å². The first-order valence-corrected chi connectivity index (χ1v) is 8.51. The number of aliphatic imine (C=N–C) groups is 1. The summed E-state index contributed by atoms with van der Waals surface area (Å²) in [4.78, 5) is 38.4. The van der Waals surface area contributed by atoms with Gasteiger partial charge in [-0.05, 0) is 38.5 Å². The largest absolute Gasteiger partial charge is 0.368 e. The van der Waals surface area contributed by atoms with Gasteiger partial charge in [0.25, 0.3) is 5.91 Å². The van der Waals surface area contributed by atoms with E-state index in [1.165, 1.54) is 0 Å². The molecule has 0 aliphatic carbocycles. The van der Waals surface area contributed by atoms with Crippen LogP contribution in [0.25, 0.3) is 0 Å². The zero-order valence-electron chi connectivity index (χ0n) is 16.6. The van der Waals surface area contributed by atoms with Gasteiger partial charge < -0.3 is 27.0 Å². The summed E-state index contributed by atoms with van der Waals surface area (Å²) in [5.74, 6) is -0.603. The van der Waals surface area contributed by atoms with Crippen LogP contribution in [0.5, 0.6) is 0 Å². The van der Waals surface area contributed by atoms with E-state index in [2.05, 4.69) is 26.3 Å². The Morgan fingerprint density at radius 1 is 1.00 bits per heavy atom. The molecule has 0 bridgehead atoms. The van der Waals surface area contributed by atoms with Crippen LogP contribution in [0.4, 0.5) is 0 Å². The molecule has 1 rings (SSSR count). The standard InChI is InChI=1S/C18H28N6O3.HI/c1-18(2,3)24-15(26)11-23-17(20-4)22-9-12-5-7-13(8-6-12)16(27)21-10-14(19)25;/h5-8H,9-11H2,1-4H3,(H2,19,25)(H,21,27)(H,24,26)(H2,20,22,23);1H. The molecule has 1 aromatic rings. The van der Waals surface area contributed by atoms with Crippen LogP contribution in [0, 0.1) is 0 Å². The van der Waals surface area contributed by atoms with E-state index < -0.39 is 5.91 Å². The third-order valence-electron chi connectivity index (χ3n) is 3.25. The zero-order chi connectivity index (χ0) is 20.4. The molecule has 0 spiro atoms. The third-order valence-corrected chi connectivity index (χ3v) is 3.25. The number of nitrogens with zero attached hydrogens (tertiary/aromatic N) is 1. The lowest BCUT2D eigenvalue weighted by molar-refractivity contribution is -0.121. The lowest BCUT2D eigenvalue weighted by Gasteiger charge is -2.21. The first kappa shape index (κ1) is 25.6. The smallest absolute Gasteiger partial charge is 0.251 e. The fourth-order valence-corrected chi connectivity index (χ4v) is 2.08. The van der Waals surface area contributed by atoms with Crippen LogP contribution in [0.1, 0.15) is 36.7 Å². The molecule has 0 atom stereocenters. The number of hydrogen-bond donors (Lipinski definition) is 5. The summed E-state index contributed by atoms with van der Waals surface area (Å²) in [6.45, 7) is 6.11. The maximum Gasteiger partial charge on any atom is 0.251 e. The van der Waals surface area contributed by atoms with Crippen LogP contribution in [-0.2, 0) is 16.1 Å². The maximum absolute atomic E-state index is 11.8. The molecular formula is C18H29IN6O3. The van der Waals surface area contributed by atoms with Gasteiger partial charge in [-0.15, -0.1) is 24.0 Å². The second-order valence-corrected chi connectivity index (χ2v) is 6.92. The van der Waals surface area contributed by atoms with Crippen molar-refractivity contribution in [2.45, 2.75) is 32.9 Å². The lowest BCUT2D eigenvalue weighted by Crippen LogP contribution is -2.48. The van der Waals surface area contributed by atoms with Gasteiger partial charge in [0.05, 0.1) is 13.1 Å². The second kappa shape index (κ2) is 12.2. The van der Waals surface area contributed by atoms with Crippen molar-refractivity contribution in [1.29, 1.82) is 0 Å². The average Bonchev–Trinajstić information content (AvgIpc) is 2.58. The van der Waals surface area contributed by atoms with Gasteiger partial charge in [0.2, 0.25) is 11.8 Å². The van der Waals surface area contributed by atoms with Gasteiger partial charge in [0, 0.05) is 24.7 Å². The molecular weight excluding hydrogens is 475 g/mol. The van der Waals surface area contributed by atoms with Crippen LogP contribution in [0.3, 0.4) is 0 Å². The van der Waals surface area contributed by atoms with E-state index in [1.54, 1.807) is 31.3 Å².